The summed E-state index contributed by atoms with van der Waals surface area (Å²) in [4.78, 5) is 12.6. The smallest absolute Gasteiger partial charge is 0.347 e. The van der Waals surface area contributed by atoms with Crippen LogP contribution in [0.2, 0.25) is 0 Å². The van der Waals surface area contributed by atoms with E-state index in [1.807, 2.05) is 0 Å². The van der Waals surface area contributed by atoms with Crippen LogP contribution in [-0.2, 0) is 12.7 Å². The predicted molar refractivity (Wildman–Crippen MR) is 74.6 cm³/mol. The van der Waals surface area contributed by atoms with Gasteiger partial charge >= 0.3 is 6.18 Å². The highest BCUT2D eigenvalue weighted by molar-refractivity contribution is 9.10. The third-order valence-corrected chi connectivity index (χ3v) is 4.57. The topological polar surface area (TPSA) is 29.1 Å². The van der Waals surface area contributed by atoms with Gasteiger partial charge in [0.25, 0.3) is 5.91 Å². The zero-order valence-electron chi connectivity index (χ0n) is 10.3. The van der Waals surface area contributed by atoms with Crippen molar-refractivity contribution in [3.8, 4) is 0 Å². The highest BCUT2D eigenvalue weighted by Crippen LogP contribution is 2.30. The summed E-state index contributed by atoms with van der Waals surface area (Å²) in [6.07, 6.45) is -4.63. The van der Waals surface area contributed by atoms with Gasteiger partial charge in [-0.3, -0.25) is 4.79 Å². The summed E-state index contributed by atoms with van der Waals surface area (Å²) in [6.45, 7) is 0.104. The number of halogens is 5. The summed E-state index contributed by atoms with van der Waals surface area (Å²) < 4.78 is 52.0. The molecule has 0 atom stereocenters. The first-order chi connectivity index (χ1) is 9.79. The van der Waals surface area contributed by atoms with Gasteiger partial charge < -0.3 is 5.32 Å². The Morgan fingerprint density at radius 3 is 2.57 bits per heavy atom. The standard InChI is InChI=1S/C13H8BrF4NOS/c14-9-3-4-21-11(9)6-19-12(20)8-5-7(13(16,17)18)1-2-10(8)15/h1-5H,6H2,(H,19,20). The Balaban J connectivity index is 2.17. The Morgan fingerprint density at radius 2 is 2.00 bits per heavy atom. The number of benzene rings is 1. The molecule has 2 rings (SSSR count). The summed E-state index contributed by atoms with van der Waals surface area (Å²) in [6, 6.07) is 3.52. The first kappa shape index (κ1) is 16.0. The zero-order valence-corrected chi connectivity index (χ0v) is 12.7. The molecular weight excluding hydrogens is 374 g/mol. The highest BCUT2D eigenvalue weighted by atomic mass is 79.9. The lowest BCUT2D eigenvalue weighted by atomic mass is 10.1. The molecule has 1 aromatic heterocycles. The quantitative estimate of drug-likeness (QED) is 0.773. The molecule has 1 N–H and O–H groups in total. The van der Waals surface area contributed by atoms with Gasteiger partial charge in [0.15, 0.2) is 0 Å². The fourth-order valence-corrected chi connectivity index (χ4v) is 3.01. The van der Waals surface area contributed by atoms with Gasteiger partial charge in [-0.05, 0) is 45.6 Å². The minimum atomic E-state index is -4.63. The summed E-state index contributed by atoms with van der Waals surface area (Å²) in [7, 11) is 0. The first-order valence-electron chi connectivity index (χ1n) is 5.66. The van der Waals surface area contributed by atoms with E-state index in [2.05, 4.69) is 21.2 Å². The number of nitrogens with one attached hydrogen (secondary N) is 1. The SMILES string of the molecule is O=C(NCc1sccc1Br)c1cc(C(F)(F)F)ccc1F. The average Bonchev–Trinajstić information content (AvgIpc) is 2.80. The summed E-state index contributed by atoms with van der Waals surface area (Å²) in [5, 5.41) is 4.18. The molecule has 112 valence electrons. The Bertz CT molecular complexity index is 668. The fraction of sp³-hybridized carbons (Fsp3) is 0.154. The number of hydrogen-bond donors (Lipinski definition) is 1. The molecule has 0 saturated carbocycles. The Labute approximate surface area is 129 Å². The van der Waals surface area contributed by atoms with E-state index in [1.165, 1.54) is 11.3 Å². The van der Waals surface area contributed by atoms with Gasteiger partial charge in [-0.1, -0.05) is 0 Å². The molecule has 0 spiro atoms. The molecule has 0 unspecified atom stereocenters. The number of carbonyl (C=O) groups is 1. The van der Waals surface area contributed by atoms with Gasteiger partial charge in [-0.2, -0.15) is 13.2 Å². The van der Waals surface area contributed by atoms with E-state index >= 15 is 0 Å². The third-order valence-electron chi connectivity index (χ3n) is 2.64. The third kappa shape index (κ3) is 3.82. The van der Waals surface area contributed by atoms with Gasteiger partial charge in [0.1, 0.15) is 5.82 Å². The molecule has 8 heteroatoms. The zero-order chi connectivity index (χ0) is 15.6. The van der Waals surface area contributed by atoms with E-state index in [0.717, 1.165) is 9.35 Å². The number of rotatable bonds is 3. The second kappa shape index (κ2) is 6.15. The maximum absolute atomic E-state index is 13.5. The van der Waals surface area contributed by atoms with E-state index < -0.39 is 29.0 Å². The number of alkyl halides is 3. The lowest BCUT2D eigenvalue weighted by Crippen LogP contribution is -2.24. The predicted octanol–water partition coefficient (Wildman–Crippen LogP) is 4.60. The highest BCUT2D eigenvalue weighted by Gasteiger charge is 2.31. The maximum Gasteiger partial charge on any atom is 0.416 e. The van der Waals surface area contributed by atoms with E-state index in [0.29, 0.717) is 18.2 Å². The van der Waals surface area contributed by atoms with E-state index in [9.17, 15) is 22.4 Å². The van der Waals surface area contributed by atoms with Crippen LogP contribution in [-0.4, -0.2) is 5.91 Å². The molecule has 0 bridgehead atoms. The molecule has 2 nitrogen and oxygen atoms in total. The second-order valence-electron chi connectivity index (χ2n) is 4.07. The fourth-order valence-electron chi connectivity index (χ4n) is 1.58. The first-order valence-corrected chi connectivity index (χ1v) is 7.33. The van der Waals surface area contributed by atoms with Crippen LogP contribution in [0, 0.1) is 5.82 Å². The number of carbonyl (C=O) groups excluding carboxylic acids is 1. The number of amides is 1. The summed E-state index contributed by atoms with van der Waals surface area (Å²) in [5.41, 5.74) is -1.69. The van der Waals surface area contributed by atoms with Crippen molar-refractivity contribution in [2.24, 2.45) is 0 Å². The van der Waals surface area contributed by atoms with Gasteiger partial charge in [0.05, 0.1) is 17.7 Å². The van der Waals surface area contributed by atoms with Crippen LogP contribution in [0.5, 0.6) is 0 Å². The lowest BCUT2D eigenvalue weighted by molar-refractivity contribution is -0.137. The molecule has 0 radical (unpaired) electrons. The van der Waals surface area contributed by atoms with Crippen molar-refractivity contribution in [1.82, 2.24) is 5.32 Å². The van der Waals surface area contributed by atoms with Gasteiger partial charge in [0, 0.05) is 9.35 Å². The Kier molecular flexibility index (Phi) is 4.67. The molecular formula is C13H8BrF4NOS. The Hall–Kier alpha value is -1.41. The van der Waals surface area contributed by atoms with Crippen molar-refractivity contribution in [2.45, 2.75) is 12.7 Å². The Morgan fingerprint density at radius 1 is 1.29 bits per heavy atom. The van der Waals surface area contributed by atoms with Crippen LogP contribution >= 0.6 is 27.3 Å². The molecule has 1 heterocycles. The second-order valence-corrected chi connectivity index (χ2v) is 5.92. The van der Waals surface area contributed by atoms with Crippen molar-refractivity contribution in [1.29, 1.82) is 0 Å². The van der Waals surface area contributed by atoms with Crippen molar-refractivity contribution < 1.29 is 22.4 Å². The lowest BCUT2D eigenvalue weighted by Gasteiger charge is -2.10. The summed E-state index contributed by atoms with van der Waals surface area (Å²) >= 11 is 4.62. The van der Waals surface area contributed by atoms with Gasteiger partial charge in [-0.15, -0.1) is 11.3 Å². The maximum atomic E-state index is 13.5. The number of thiophene rings is 1. The van der Waals surface area contributed by atoms with Crippen molar-refractivity contribution in [3.05, 3.63) is 55.9 Å². The minimum Gasteiger partial charge on any atom is -0.347 e. The molecule has 0 saturated heterocycles. The van der Waals surface area contributed by atoms with Crippen LogP contribution in [0.1, 0.15) is 20.8 Å². The van der Waals surface area contributed by atoms with Crippen LogP contribution < -0.4 is 5.32 Å². The van der Waals surface area contributed by atoms with Gasteiger partial charge in [-0.25, -0.2) is 4.39 Å². The van der Waals surface area contributed by atoms with Crippen LogP contribution in [0.4, 0.5) is 17.6 Å². The monoisotopic (exact) mass is 381 g/mol. The van der Waals surface area contributed by atoms with E-state index in [1.54, 1.807) is 11.4 Å². The molecule has 2 aromatic rings. The largest absolute Gasteiger partial charge is 0.416 e. The van der Waals surface area contributed by atoms with Crippen LogP contribution in [0.3, 0.4) is 0 Å². The number of hydrogen-bond acceptors (Lipinski definition) is 2. The summed E-state index contributed by atoms with van der Waals surface area (Å²) in [5.74, 6) is -1.88. The average molecular weight is 382 g/mol. The molecule has 1 amide bonds. The van der Waals surface area contributed by atoms with Crippen LogP contribution in [0.25, 0.3) is 0 Å². The van der Waals surface area contributed by atoms with E-state index in [-0.39, 0.29) is 6.54 Å². The van der Waals surface area contributed by atoms with Crippen molar-refractivity contribution in [3.63, 3.8) is 0 Å². The molecule has 0 aliphatic heterocycles. The van der Waals surface area contributed by atoms with E-state index in [4.69, 9.17) is 0 Å². The molecule has 0 fully saturated rings. The van der Waals surface area contributed by atoms with Gasteiger partial charge in [0.2, 0.25) is 0 Å². The molecule has 0 aliphatic carbocycles. The molecule has 21 heavy (non-hydrogen) atoms. The molecule has 0 aliphatic rings. The minimum absolute atomic E-state index is 0.104. The van der Waals surface area contributed by atoms with Crippen LogP contribution in [0.15, 0.2) is 34.1 Å². The normalized spacial score (nSPS) is 11.5. The van der Waals surface area contributed by atoms with Crippen molar-refractivity contribution in [2.75, 3.05) is 0 Å². The van der Waals surface area contributed by atoms with Crippen molar-refractivity contribution >= 4 is 33.2 Å². The molecule has 1 aromatic carbocycles.